The van der Waals surface area contributed by atoms with Crippen LogP contribution in [0.2, 0.25) is 0 Å². The number of nitro groups is 1. The van der Waals surface area contributed by atoms with Crippen LogP contribution >= 0.6 is 0 Å². The van der Waals surface area contributed by atoms with Gasteiger partial charge in [-0.15, -0.1) is 0 Å². The van der Waals surface area contributed by atoms with Crippen molar-refractivity contribution in [3.63, 3.8) is 0 Å². The molecule has 1 aliphatic rings. The van der Waals surface area contributed by atoms with Gasteiger partial charge in [0.25, 0.3) is 5.69 Å². The molecule has 2 rings (SSSR count). The molecule has 1 saturated heterocycles. The molecular formula is C14H18N4O2. The number of nitro benzene ring substituents is 1. The molecule has 1 N–H and O–H groups in total. The first kappa shape index (κ1) is 14.3. The summed E-state index contributed by atoms with van der Waals surface area (Å²) in [6, 6.07) is 7.02. The van der Waals surface area contributed by atoms with Crippen molar-refractivity contribution in [2.75, 3.05) is 25.0 Å². The fraction of sp³-hybridized carbons (Fsp3) is 0.500. The lowest BCUT2D eigenvalue weighted by Crippen LogP contribution is -2.42. The molecule has 0 amide bonds. The molecule has 1 heterocycles. The van der Waals surface area contributed by atoms with Crippen molar-refractivity contribution in [3.8, 4) is 6.07 Å². The number of nitriles is 1. The summed E-state index contributed by atoms with van der Waals surface area (Å²) < 4.78 is 0. The number of hydrogen-bond donors (Lipinski definition) is 1. The lowest BCUT2D eigenvalue weighted by Gasteiger charge is -2.29. The van der Waals surface area contributed by atoms with E-state index in [1.165, 1.54) is 25.0 Å². The Labute approximate surface area is 118 Å². The summed E-state index contributed by atoms with van der Waals surface area (Å²) in [6.45, 7) is 1.84. The van der Waals surface area contributed by atoms with Gasteiger partial charge in [0.2, 0.25) is 0 Å². The van der Waals surface area contributed by atoms with Crippen molar-refractivity contribution in [2.24, 2.45) is 0 Å². The van der Waals surface area contributed by atoms with Crippen molar-refractivity contribution >= 4 is 11.4 Å². The molecule has 1 atom stereocenters. The van der Waals surface area contributed by atoms with E-state index in [2.05, 4.69) is 5.32 Å². The quantitative estimate of drug-likeness (QED) is 0.671. The highest BCUT2D eigenvalue weighted by molar-refractivity contribution is 5.60. The predicted octanol–water partition coefficient (Wildman–Crippen LogP) is 2.04. The summed E-state index contributed by atoms with van der Waals surface area (Å²) in [7, 11) is 1.92. The topological polar surface area (TPSA) is 82.2 Å². The van der Waals surface area contributed by atoms with Gasteiger partial charge in [-0.2, -0.15) is 5.26 Å². The highest BCUT2D eigenvalue weighted by atomic mass is 16.6. The second-order valence-corrected chi connectivity index (χ2v) is 5.10. The maximum absolute atomic E-state index is 11.0. The zero-order valence-electron chi connectivity index (χ0n) is 11.5. The second-order valence-electron chi connectivity index (χ2n) is 5.10. The average molecular weight is 274 g/mol. The van der Waals surface area contributed by atoms with Crippen molar-refractivity contribution in [1.82, 2.24) is 5.32 Å². The van der Waals surface area contributed by atoms with Crippen molar-refractivity contribution in [3.05, 3.63) is 33.9 Å². The minimum atomic E-state index is -0.505. The van der Waals surface area contributed by atoms with Gasteiger partial charge in [-0.05, 0) is 31.5 Å². The number of rotatable bonds is 4. The van der Waals surface area contributed by atoms with E-state index in [0.29, 0.717) is 6.04 Å². The first-order valence-electron chi connectivity index (χ1n) is 6.75. The molecule has 1 aromatic rings. The molecule has 106 valence electrons. The molecule has 1 fully saturated rings. The second kappa shape index (κ2) is 6.35. The van der Waals surface area contributed by atoms with Crippen molar-refractivity contribution in [2.45, 2.75) is 25.3 Å². The Bertz CT molecular complexity index is 532. The van der Waals surface area contributed by atoms with Gasteiger partial charge in [-0.25, -0.2) is 0 Å². The predicted molar refractivity (Wildman–Crippen MR) is 76.7 cm³/mol. The Morgan fingerprint density at radius 2 is 2.35 bits per heavy atom. The average Bonchev–Trinajstić information content (AvgIpc) is 2.47. The third-order valence-electron chi connectivity index (χ3n) is 3.65. The van der Waals surface area contributed by atoms with Gasteiger partial charge in [-0.3, -0.25) is 10.1 Å². The van der Waals surface area contributed by atoms with Crippen LogP contribution in [0.5, 0.6) is 0 Å². The van der Waals surface area contributed by atoms with Crippen LogP contribution in [-0.2, 0) is 0 Å². The monoisotopic (exact) mass is 274 g/mol. The van der Waals surface area contributed by atoms with E-state index < -0.39 is 4.92 Å². The van der Waals surface area contributed by atoms with Gasteiger partial charge in [0.05, 0.1) is 4.92 Å². The number of anilines is 1. The normalized spacial score (nSPS) is 18.3. The SMILES string of the molecule is CN(CC1CCCCN1)c1ccc(C#N)c([N+](=O)[O-])c1. The van der Waals surface area contributed by atoms with E-state index in [1.807, 2.05) is 18.0 Å². The third-order valence-corrected chi connectivity index (χ3v) is 3.65. The molecule has 1 aromatic carbocycles. The maximum atomic E-state index is 11.0. The van der Waals surface area contributed by atoms with Crippen LogP contribution < -0.4 is 10.2 Å². The Hall–Kier alpha value is -2.13. The lowest BCUT2D eigenvalue weighted by molar-refractivity contribution is -0.385. The Balaban J connectivity index is 2.13. The first-order valence-corrected chi connectivity index (χ1v) is 6.75. The summed E-state index contributed by atoms with van der Waals surface area (Å²) in [5.41, 5.74) is 0.736. The minimum Gasteiger partial charge on any atom is -0.373 e. The molecule has 6 heteroatoms. The van der Waals surface area contributed by atoms with Crippen LogP contribution in [0.3, 0.4) is 0 Å². The molecule has 1 aliphatic heterocycles. The Morgan fingerprint density at radius 3 is 2.95 bits per heavy atom. The number of nitrogens with zero attached hydrogens (tertiary/aromatic N) is 3. The van der Waals surface area contributed by atoms with Crippen molar-refractivity contribution in [1.29, 1.82) is 5.26 Å². The van der Waals surface area contributed by atoms with Gasteiger partial charge >= 0.3 is 0 Å². The van der Waals surface area contributed by atoms with E-state index >= 15 is 0 Å². The largest absolute Gasteiger partial charge is 0.373 e. The molecule has 6 nitrogen and oxygen atoms in total. The highest BCUT2D eigenvalue weighted by Crippen LogP contribution is 2.25. The summed E-state index contributed by atoms with van der Waals surface area (Å²) in [5, 5.41) is 23.3. The summed E-state index contributed by atoms with van der Waals surface area (Å²) in [5.74, 6) is 0. The smallest absolute Gasteiger partial charge is 0.289 e. The van der Waals surface area contributed by atoms with Gasteiger partial charge in [0, 0.05) is 31.4 Å². The van der Waals surface area contributed by atoms with Crippen LogP contribution in [0, 0.1) is 21.4 Å². The summed E-state index contributed by atoms with van der Waals surface area (Å²) >= 11 is 0. The molecule has 0 aromatic heterocycles. The molecule has 0 bridgehead atoms. The van der Waals surface area contributed by atoms with Gasteiger partial charge in [0.1, 0.15) is 11.6 Å². The fourth-order valence-corrected chi connectivity index (χ4v) is 2.52. The molecule has 0 saturated carbocycles. The van der Waals surface area contributed by atoms with Crippen LogP contribution in [0.1, 0.15) is 24.8 Å². The van der Waals surface area contributed by atoms with E-state index in [0.717, 1.165) is 25.2 Å². The van der Waals surface area contributed by atoms with Crippen LogP contribution in [-0.4, -0.2) is 31.1 Å². The maximum Gasteiger partial charge on any atom is 0.289 e. The highest BCUT2D eigenvalue weighted by Gasteiger charge is 2.18. The lowest BCUT2D eigenvalue weighted by atomic mass is 10.0. The standard InChI is InChI=1S/C14H18N4O2/c1-17(10-12-4-2-3-7-16-12)13-6-5-11(9-15)14(8-13)18(19)20/h5-6,8,12,16H,2-4,7,10H2,1H3. The van der Waals surface area contributed by atoms with Crippen LogP contribution in [0.25, 0.3) is 0 Å². The molecule has 1 unspecified atom stereocenters. The van der Waals surface area contributed by atoms with E-state index in [9.17, 15) is 10.1 Å². The van der Waals surface area contributed by atoms with Gasteiger partial charge in [0.15, 0.2) is 0 Å². The van der Waals surface area contributed by atoms with Crippen molar-refractivity contribution < 1.29 is 4.92 Å². The number of likely N-dealkylation sites (N-methyl/N-ethyl adjacent to an activating group) is 1. The number of piperidine rings is 1. The van der Waals surface area contributed by atoms with Crippen LogP contribution in [0.15, 0.2) is 18.2 Å². The fourth-order valence-electron chi connectivity index (χ4n) is 2.52. The summed E-state index contributed by atoms with van der Waals surface area (Å²) in [4.78, 5) is 12.5. The number of hydrogen-bond acceptors (Lipinski definition) is 5. The molecule has 0 spiro atoms. The molecule has 0 aliphatic carbocycles. The van der Waals surface area contributed by atoms with Gasteiger partial charge in [-0.1, -0.05) is 6.42 Å². The molecule has 20 heavy (non-hydrogen) atoms. The number of nitrogens with one attached hydrogen (secondary N) is 1. The van der Waals surface area contributed by atoms with E-state index in [1.54, 1.807) is 6.07 Å². The van der Waals surface area contributed by atoms with E-state index in [4.69, 9.17) is 5.26 Å². The van der Waals surface area contributed by atoms with Gasteiger partial charge < -0.3 is 10.2 Å². The molecular weight excluding hydrogens is 256 g/mol. The minimum absolute atomic E-state index is 0.0999. The Kier molecular flexibility index (Phi) is 4.53. The van der Waals surface area contributed by atoms with Crippen LogP contribution in [0.4, 0.5) is 11.4 Å². The Morgan fingerprint density at radius 1 is 1.55 bits per heavy atom. The number of benzene rings is 1. The first-order chi connectivity index (χ1) is 9.61. The third kappa shape index (κ3) is 3.25. The zero-order chi connectivity index (χ0) is 14.5. The molecule has 0 radical (unpaired) electrons. The van der Waals surface area contributed by atoms with E-state index in [-0.39, 0.29) is 11.3 Å². The summed E-state index contributed by atoms with van der Waals surface area (Å²) in [6.07, 6.45) is 3.56. The zero-order valence-corrected chi connectivity index (χ0v) is 11.5.